The highest BCUT2D eigenvalue weighted by molar-refractivity contribution is 5.69. The summed E-state index contributed by atoms with van der Waals surface area (Å²) in [5, 5.41) is 8.48. The zero-order chi connectivity index (χ0) is 16.0. The minimum Gasteiger partial charge on any atom is -0.481 e. The largest absolute Gasteiger partial charge is 0.481 e. The van der Waals surface area contributed by atoms with Crippen molar-refractivity contribution < 1.29 is 19.4 Å². The van der Waals surface area contributed by atoms with E-state index < -0.39 is 5.97 Å². The summed E-state index contributed by atoms with van der Waals surface area (Å²) in [6, 6.07) is 0. The molecule has 0 atom stereocenters. The molecule has 1 saturated carbocycles. The fourth-order valence-corrected chi connectivity index (χ4v) is 2.52. The van der Waals surface area contributed by atoms with Crippen molar-refractivity contribution in [3.05, 3.63) is 23.8 Å². The third kappa shape index (κ3) is 10.2. The van der Waals surface area contributed by atoms with Crippen LogP contribution in [-0.2, 0) is 14.3 Å². The molecule has 4 heteroatoms. The third-order valence-corrected chi connectivity index (χ3v) is 3.77. The monoisotopic (exact) mass is 308 g/mol. The van der Waals surface area contributed by atoms with Crippen molar-refractivity contribution in [3.8, 4) is 0 Å². The van der Waals surface area contributed by atoms with Crippen molar-refractivity contribution in [1.82, 2.24) is 0 Å². The molecule has 0 aliphatic heterocycles. The standard InChI is InChI=1S/C18H28O4/c19-17(20)13-7-8-14-18(21)22-15-9-2-1-4-10-16-11-5-3-6-12-16/h1-2,10H,3-9,11-15H2,(H,19,20)/b2-1-. The van der Waals surface area contributed by atoms with Crippen LogP contribution in [0, 0.1) is 0 Å². The Balaban J connectivity index is 1.96. The van der Waals surface area contributed by atoms with Gasteiger partial charge in [0.05, 0.1) is 6.61 Å². The number of hydrogen-bond donors (Lipinski definition) is 1. The van der Waals surface area contributed by atoms with E-state index in [-0.39, 0.29) is 12.4 Å². The normalized spacial score (nSPS) is 15.0. The minimum atomic E-state index is -0.818. The Morgan fingerprint density at radius 1 is 1.05 bits per heavy atom. The van der Waals surface area contributed by atoms with Crippen LogP contribution in [0.2, 0.25) is 0 Å². The first-order valence-corrected chi connectivity index (χ1v) is 8.39. The first-order valence-electron chi connectivity index (χ1n) is 8.39. The van der Waals surface area contributed by atoms with Crippen molar-refractivity contribution in [3.63, 3.8) is 0 Å². The van der Waals surface area contributed by atoms with Gasteiger partial charge in [-0.15, -0.1) is 0 Å². The molecule has 1 rings (SSSR count). The van der Waals surface area contributed by atoms with E-state index in [0.29, 0.717) is 25.9 Å². The van der Waals surface area contributed by atoms with Crippen LogP contribution in [0.25, 0.3) is 0 Å². The SMILES string of the molecule is O=C(O)CCCCC(=O)OCC/C=C\CC=C1CCCCC1. The maximum Gasteiger partial charge on any atom is 0.305 e. The number of carboxylic acid groups (broad SMARTS) is 1. The summed E-state index contributed by atoms with van der Waals surface area (Å²) >= 11 is 0. The van der Waals surface area contributed by atoms with Gasteiger partial charge in [0.15, 0.2) is 0 Å². The lowest BCUT2D eigenvalue weighted by atomic mass is 9.94. The van der Waals surface area contributed by atoms with E-state index in [9.17, 15) is 9.59 Å². The highest BCUT2D eigenvalue weighted by Gasteiger charge is 2.04. The van der Waals surface area contributed by atoms with Gasteiger partial charge in [0.25, 0.3) is 0 Å². The highest BCUT2D eigenvalue weighted by atomic mass is 16.5. The van der Waals surface area contributed by atoms with E-state index in [4.69, 9.17) is 9.84 Å². The smallest absolute Gasteiger partial charge is 0.305 e. The fraction of sp³-hybridized carbons (Fsp3) is 0.667. The molecule has 1 aliphatic carbocycles. The summed E-state index contributed by atoms with van der Waals surface area (Å²) in [4.78, 5) is 21.7. The quantitative estimate of drug-likeness (QED) is 0.369. The van der Waals surface area contributed by atoms with Gasteiger partial charge in [-0.3, -0.25) is 9.59 Å². The van der Waals surface area contributed by atoms with E-state index in [1.807, 2.05) is 0 Å². The van der Waals surface area contributed by atoms with Crippen LogP contribution >= 0.6 is 0 Å². The molecule has 1 aliphatic rings. The Kier molecular flexibility index (Phi) is 10.1. The highest BCUT2D eigenvalue weighted by Crippen LogP contribution is 2.22. The maximum absolute atomic E-state index is 11.4. The Labute approximate surface area is 133 Å². The Bertz CT molecular complexity index is 388. The molecule has 0 unspecified atom stereocenters. The molecule has 0 radical (unpaired) electrons. The van der Waals surface area contributed by atoms with Gasteiger partial charge >= 0.3 is 11.9 Å². The fourth-order valence-electron chi connectivity index (χ4n) is 2.52. The van der Waals surface area contributed by atoms with Crippen molar-refractivity contribution >= 4 is 11.9 Å². The number of hydrogen-bond acceptors (Lipinski definition) is 3. The molecule has 1 N–H and O–H groups in total. The van der Waals surface area contributed by atoms with Gasteiger partial charge in [-0.05, 0) is 51.4 Å². The number of carbonyl (C=O) groups is 2. The third-order valence-electron chi connectivity index (χ3n) is 3.77. The predicted molar refractivity (Wildman–Crippen MR) is 86.6 cm³/mol. The predicted octanol–water partition coefficient (Wildman–Crippen LogP) is 4.40. The molecule has 0 heterocycles. The van der Waals surface area contributed by atoms with Crippen molar-refractivity contribution in [2.45, 2.75) is 70.6 Å². The number of carboxylic acids is 1. The summed E-state index contributed by atoms with van der Waals surface area (Å²) < 4.78 is 5.09. The molecular weight excluding hydrogens is 280 g/mol. The lowest BCUT2D eigenvalue weighted by molar-refractivity contribution is -0.144. The van der Waals surface area contributed by atoms with Gasteiger partial charge in [0, 0.05) is 12.8 Å². The van der Waals surface area contributed by atoms with E-state index in [2.05, 4.69) is 18.2 Å². The van der Waals surface area contributed by atoms with Crippen LogP contribution in [0.15, 0.2) is 23.8 Å². The summed E-state index contributed by atoms with van der Waals surface area (Å²) in [7, 11) is 0. The number of unbranched alkanes of at least 4 members (excludes halogenated alkanes) is 1. The van der Waals surface area contributed by atoms with E-state index >= 15 is 0 Å². The van der Waals surface area contributed by atoms with Crippen LogP contribution in [0.4, 0.5) is 0 Å². The van der Waals surface area contributed by atoms with Gasteiger partial charge in [0.2, 0.25) is 0 Å². The average molecular weight is 308 g/mol. The maximum atomic E-state index is 11.4. The van der Waals surface area contributed by atoms with Crippen LogP contribution < -0.4 is 0 Å². The number of ether oxygens (including phenoxy) is 1. The molecule has 0 aromatic rings. The van der Waals surface area contributed by atoms with Crippen molar-refractivity contribution in [2.75, 3.05) is 6.61 Å². The second-order valence-electron chi connectivity index (χ2n) is 5.74. The van der Waals surface area contributed by atoms with E-state index in [1.54, 1.807) is 5.57 Å². The minimum absolute atomic E-state index is 0.117. The lowest BCUT2D eigenvalue weighted by Crippen LogP contribution is -2.05. The van der Waals surface area contributed by atoms with Gasteiger partial charge in [-0.25, -0.2) is 0 Å². The van der Waals surface area contributed by atoms with Gasteiger partial charge in [0.1, 0.15) is 0 Å². The molecule has 0 spiro atoms. The molecule has 4 nitrogen and oxygen atoms in total. The molecule has 22 heavy (non-hydrogen) atoms. The number of aliphatic carboxylic acids is 1. The lowest BCUT2D eigenvalue weighted by Gasteiger charge is -2.12. The van der Waals surface area contributed by atoms with Gasteiger partial charge in [-0.2, -0.15) is 0 Å². The van der Waals surface area contributed by atoms with Crippen LogP contribution in [-0.4, -0.2) is 23.7 Å². The molecule has 0 aromatic heterocycles. The molecular formula is C18H28O4. The first-order chi connectivity index (χ1) is 10.7. The van der Waals surface area contributed by atoms with Gasteiger partial charge in [-0.1, -0.05) is 30.2 Å². The molecule has 124 valence electrons. The number of carbonyl (C=O) groups excluding carboxylic acids is 1. The summed E-state index contributed by atoms with van der Waals surface area (Å²) in [6.45, 7) is 0.408. The Morgan fingerprint density at radius 3 is 2.50 bits per heavy atom. The van der Waals surface area contributed by atoms with Crippen molar-refractivity contribution in [2.24, 2.45) is 0 Å². The molecule has 0 saturated heterocycles. The molecule has 0 bridgehead atoms. The zero-order valence-electron chi connectivity index (χ0n) is 13.4. The number of rotatable bonds is 10. The Morgan fingerprint density at radius 2 is 1.77 bits per heavy atom. The number of esters is 1. The first kappa shape index (κ1) is 18.5. The summed E-state index contributed by atoms with van der Waals surface area (Å²) in [5.74, 6) is -1.05. The molecule has 0 amide bonds. The second kappa shape index (κ2) is 12.0. The topological polar surface area (TPSA) is 63.6 Å². The van der Waals surface area contributed by atoms with Crippen LogP contribution in [0.5, 0.6) is 0 Å². The van der Waals surface area contributed by atoms with E-state index in [1.165, 1.54) is 32.1 Å². The van der Waals surface area contributed by atoms with E-state index in [0.717, 1.165) is 12.8 Å². The molecule has 0 aromatic carbocycles. The summed E-state index contributed by atoms with van der Waals surface area (Å²) in [6.07, 6.45) is 16.3. The summed E-state index contributed by atoms with van der Waals surface area (Å²) in [5.41, 5.74) is 1.59. The number of allylic oxidation sites excluding steroid dienone is 3. The van der Waals surface area contributed by atoms with Crippen LogP contribution in [0.1, 0.15) is 70.6 Å². The average Bonchev–Trinajstić information content (AvgIpc) is 2.51. The van der Waals surface area contributed by atoms with Crippen molar-refractivity contribution in [1.29, 1.82) is 0 Å². The molecule has 1 fully saturated rings. The zero-order valence-corrected chi connectivity index (χ0v) is 13.4. The van der Waals surface area contributed by atoms with Gasteiger partial charge < -0.3 is 9.84 Å². The second-order valence-corrected chi connectivity index (χ2v) is 5.74. The van der Waals surface area contributed by atoms with Crippen LogP contribution in [0.3, 0.4) is 0 Å². The Hall–Kier alpha value is -1.58.